The molecule has 5 heteroatoms. The summed E-state index contributed by atoms with van der Waals surface area (Å²) < 4.78 is 0.949. The van der Waals surface area contributed by atoms with Crippen molar-refractivity contribution in [2.75, 3.05) is 0 Å². The second-order valence-corrected chi connectivity index (χ2v) is 8.07. The smallest absolute Gasteiger partial charge is 0.242 e. The Kier molecular flexibility index (Phi) is 7.60. The van der Waals surface area contributed by atoms with Crippen molar-refractivity contribution in [2.24, 2.45) is 0 Å². The number of amides is 2. The van der Waals surface area contributed by atoms with Gasteiger partial charge in [-0.3, -0.25) is 9.59 Å². The lowest BCUT2D eigenvalue weighted by atomic mass is 10.1. The number of hydrogen-bond donors (Lipinski definition) is 1. The highest BCUT2D eigenvalue weighted by atomic mass is 79.9. The number of nitrogens with one attached hydrogen (secondary N) is 1. The van der Waals surface area contributed by atoms with Crippen LogP contribution in [0.25, 0.3) is 0 Å². The third-order valence-electron chi connectivity index (χ3n) is 4.32. The molecule has 2 amide bonds. The van der Waals surface area contributed by atoms with Crippen molar-refractivity contribution in [2.45, 2.75) is 52.7 Å². The largest absolute Gasteiger partial charge is 0.352 e. The van der Waals surface area contributed by atoms with Crippen LogP contribution in [0, 0.1) is 6.92 Å². The van der Waals surface area contributed by atoms with Crippen LogP contribution in [0.4, 0.5) is 0 Å². The molecule has 27 heavy (non-hydrogen) atoms. The molecule has 0 aliphatic carbocycles. The predicted octanol–water partition coefficient (Wildman–Crippen LogP) is 4.24. The molecule has 2 aromatic rings. The summed E-state index contributed by atoms with van der Waals surface area (Å²) in [6.45, 7) is 8.01. The predicted molar refractivity (Wildman–Crippen MR) is 112 cm³/mol. The number of rotatable bonds is 7. The molecule has 1 unspecified atom stereocenters. The van der Waals surface area contributed by atoms with E-state index in [1.165, 1.54) is 0 Å². The van der Waals surface area contributed by atoms with Gasteiger partial charge in [0.2, 0.25) is 11.8 Å². The van der Waals surface area contributed by atoms with E-state index in [1.807, 2.05) is 69.3 Å². The molecule has 0 radical (unpaired) electrons. The number of nitrogens with zero attached hydrogens (tertiary/aromatic N) is 1. The fourth-order valence-electron chi connectivity index (χ4n) is 2.80. The average Bonchev–Trinajstić information content (AvgIpc) is 2.60. The summed E-state index contributed by atoms with van der Waals surface area (Å²) in [5, 5.41) is 2.90. The van der Waals surface area contributed by atoms with Crippen molar-refractivity contribution in [1.82, 2.24) is 10.2 Å². The highest BCUT2D eigenvalue weighted by molar-refractivity contribution is 9.10. The number of carbonyl (C=O) groups is 2. The minimum absolute atomic E-state index is 0.0277. The Balaban J connectivity index is 2.22. The molecular weight excluding hydrogens is 404 g/mol. The molecule has 0 aromatic heterocycles. The van der Waals surface area contributed by atoms with Gasteiger partial charge in [-0.25, -0.2) is 0 Å². The normalized spacial score (nSPS) is 11.9. The number of carbonyl (C=O) groups excluding carboxylic acids is 2. The fraction of sp³-hybridized carbons (Fsp3) is 0.364. The highest BCUT2D eigenvalue weighted by Crippen LogP contribution is 2.17. The van der Waals surface area contributed by atoms with Crippen LogP contribution in [0.5, 0.6) is 0 Å². The molecule has 0 spiro atoms. The molecular formula is C22H27BrN2O2. The van der Waals surface area contributed by atoms with Crippen LogP contribution in [0.2, 0.25) is 0 Å². The summed E-state index contributed by atoms with van der Waals surface area (Å²) in [7, 11) is 0. The van der Waals surface area contributed by atoms with Gasteiger partial charge in [-0.1, -0.05) is 57.9 Å². The van der Waals surface area contributed by atoms with Crippen molar-refractivity contribution in [3.63, 3.8) is 0 Å². The topological polar surface area (TPSA) is 49.4 Å². The van der Waals surface area contributed by atoms with E-state index in [0.717, 1.165) is 21.2 Å². The first-order chi connectivity index (χ1) is 12.8. The lowest BCUT2D eigenvalue weighted by molar-refractivity contribution is -0.140. The summed E-state index contributed by atoms with van der Waals surface area (Å²) in [6.07, 6.45) is 0.271. The van der Waals surface area contributed by atoms with Gasteiger partial charge < -0.3 is 10.2 Å². The van der Waals surface area contributed by atoms with E-state index in [1.54, 1.807) is 11.8 Å². The molecule has 2 rings (SSSR count). The SMILES string of the molecule is Cc1ccc(CC(=O)N(Cc2cccc(Br)c2)C(C)C(=O)NC(C)C)cc1. The Bertz CT molecular complexity index is 787. The van der Waals surface area contributed by atoms with E-state index in [0.29, 0.717) is 6.54 Å². The first-order valence-electron chi connectivity index (χ1n) is 9.16. The van der Waals surface area contributed by atoms with Gasteiger partial charge in [0.15, 0.2) is 0 Å². The van der Waals surface area contributed by atoms with Gasteiger partial charge in [-0.2, -0.15) is 0 Å². The molecule has 0 bridgehead atoms. The molecule has 1 N–H and O–H groups in total. The molecule has 0 fully saturated rings. The Labute approximate surface area is 170 Å². The zero-order valence-electron chi connectivity index (χ0n) is 16.3. The summed E-state index contributed by atoms with van der Waals surface area (Å²) in [4.78, 5) is 27.2. The van der Waals surface area contributed by atoms with Crippen LogP contribution < -0.4 is 5.32 Å². The molecule has 0 aliphatic rings. The second kappa shape index (κ2) is 9.70. The first kappa shape index (κ1) is 21.2. The van der Waals surface area contributed by atoms with E-state index in [2.05, 4.69) is 21.2 Å². The minimum Gasteiger partial charge on any atom is -0.352 e. The molecule has 1 atom stereocenters. The molecule has 4 nitrogen and oxygen atoms in total. The molecule has 0 heterocycles. The summed E-state index contributed by atoms with van der Waals surface area (Å²) in [5.41, 5.74) is 3.08. The van der Waals surface area contributed by atoms with Crippen molar-refractivity contribution in [1.29, 1.82) is 0 Å². The average molecular weight is 431 g/mol. The molecule has 0 aliphatic heterocycles. The second-order valence-electron chi connectivity index (χ2n) is 7.15. The monoisotopic (exact) mass is 430 g/mol. The Morgan fingerprint density at radius 1 is 1.04 bits per heavy atom. The number of benzene rings is 2. The fourth-order valence-corrected chi connectivity index (χ4v) is 3.25. The van der Waals surface area contributed by atoms with E-state index >= 15 is 0 Å². The van der Waals surface area contributed by atoms with E-state index in [9.17, 15) is 9.59 Å². The Hall–Kier alpha value is -2.14. The standard InChI is InChI=1S/C22H27BrN2O2/c1-15(2)24-22(27)17(4)25(14-19-6-5-7-20(23)12-19)21(26)13-18-10-8-16(3)9-11-18/h5-12,15,17H,13-14H2,1-4H3,(H,24,27). The number of aryl methyl sites for hydroxylation is 1. The van der Waals surface area contributed by atoms with Crippen molar-refractivity contribution < 1.29 is 9.59 Å². The van der Waals surface area contributed by atoms with Gasteiger partial charge >= 0.3 is 0 Å². The maximum Gasteiger partial charge on any atom is 0.242 e. The van der Waals surface area contributed by atoms with E-state index in [-0.39, 0.29) is 24.3 Å². The van der Waals surface area contributed by atoms with Gasteiger partial charge in [0.05, 0.1) is 6.42 Å². The molecule has 0 saturated heterocycles. The van der Waals surface area contributed by atoms with E-state index in [4.69, 9.17) is 0 Å². The van der Waals surface area contributed by atoms with Gasteiger partial charge in [-0.15, -0.1) is 0 Å². The van der Waals surface area contributed by atoms with Gasteiger partial charge in [0, 0.05) is 17.1 Å². The quantitative estimate of drug-likeness (QED) is 0.713. The third-order valence-corrected chi connectivity index (χ3v) is 4.81. The lowest BCUT2D eigenvalue weighted by Gasteiger charge is -2.29. The van der Waals surface area contributed by atoms with Gasteiger partial charge in [0.25, 0.3) is 0 Å². The third kappa shape index (κ3) is 6.51. The van der Waals surface area contributed by atoms with Gasteiger partial charge in [0.1, 0.15) is 6.04 Å². The maximum atomic E-state index is 13.1. The van der Waals surface area contributed by atoms with Crippen LogP contribution in [0.3, 0.4) is 0 Å². The van der Waals surface area contributed by atoms with Crippen LogP contribution in [-0.4, -0.2) is 28.8 Å². The summed E-state index contributed by atoms with van der Waals surface area (Å²) in [5.74, 6) is -0.206. The number of hydrogen-bond acceptors (Lipinski definition) is 2. The first-order valence-corrected chi connectivity index (χ1v) is 9.95. The van der Waals surface area contributed by atoms with Crippen LogP contribution in [-0.2, 0) is 22.6 Å². The Morgan fingerprint density at radius 3 is 2.30 bits per heavy atom. The van der Waals surface area contributed by atoms with Crippen molar-refractivity contribution in [3.05, 3.63) is 69.7 Å². The maximum absolute atomic E-state index is 13.1. The van der Waals surface area contributed by atoms with Crippen LogP contribution >= 0.6 is 15.9 Å². The summed E-state index contributed by atoms with van der Waals surface area (Å²) in [6, 6.07) is 15.2. The minimum atomic E-state index is -0.552. The molecule has 2 aromatic carbocycles. The number of halogens is 1. The zero-order chi connectivity index (χ0) is 20.0. The Morgan fingerprint density at radius 2 is 1.70 bits per heavy atom. The van der Waals surface area contributed by atoms with E-state index < -0.39 is 6.04 Å². The highest BCUT2D eigenvalue weighted by Gasteiger charge is 2.26. The lowest BCUT2D eigenvalue weighted by Crippen LogP contribution is -2.49. The zero-order valence-corrected chi connectivity index (χ0v) is 17.9. The molecule has 144 valence electrons. The van der Waals surface area contributed by atoms with Crippen molar-refractivity contribution in [3.8, 4) is 0 Å². The molecule has 0 saturated carbocycles. The van der Waals surface area contributed by atoms with Crippen LogP contribution in [0.1, 0.15) is 37.5 Å². The summed E-state index contributed by atoms with van der Waals surface area (Å²) >= 11 is 3.47. The van der Waals surface area contributed by atoms with Crippen molar-refractivity contribution >= 4 is 27.7 Å². The van der Waals surface area contributed by atoms with Gasteiger partial charge in [-0.05, 0) is 51.0 Å². The van der Waals surface area contributed by atoms with Crippen LogP contribution in [0.15, 0.2) is 53.0 Å².